The van der Waals surface area contributed by atoms with Gasteiger partial charge in [-0.3, -0.25) is 9.13 Å². The molecule has 0 atom stereocenters. The van der Waals surface area contributed by atoms with Gasteiger partial charge in [-0.25, -0.2) is 9.83 Å². The van der Waals surface area contributed by atoms with Gasteiger partial charge in [0.2, 0.25) is 0 Å². The molecule has 0 aliphatic heterocycles. The zero-order valence-electron chi connectivity index (χ0n) is 19.1. The van der Waals surface area contributed by atoms with Crippen LogP contribution in [0.15, 0.2) is 103 Å². The highest BCUT2D eigenvalue weighted by molar-refractivity contribution is 6.11. The molecular formula is C31H17N5. The highest BCUT2D eigenvalue weighted by Gasteiger charge is 2.16. The van der Waals surface area contributed by atoms with E-state index in [0.717, 1.165) is 55.2 Å². The van der Waals surface area contributed by atoms with Crippen LogP contribution in [0.1, 0.15) is 5.56 Å². The number of nitrogens with zero attached hydrogens (tertiary/aromatic N) is 5. The van der Waals surface area contributed by atoms with Crippen LogP contribution in [0.3, 0.4) is 0 Å². The molecule has 3 aromatic heterocycles. The molecule has 7 aromatic rings. The van der Waals surface area contributed by atoms with E-state index in [1.807, 2.05) is 78.9 Å². The highest BCUT2D eigenvalue weighted by atomic mass is 15.1. The number of benzene rings is 4. The van der Waals surface area contributed by atoms with Crippen molar-refractivity contribution in [3.63, 3.8) is 0 Å². The van der Waals surface area contributed by atoms with Gasteiger partial charge in [0.15, 0.2) is 5.69 Å². The molecule has 0 aliphatic carbocycles. The number of para-hydroxylation sites is 2. The van der Waals surface area contributed by atoms with Crippen molar-refractivity contribution in [2.75, 3.05) is 0 Å². The summed E-state index contributed by atoms with van der Waals surface area (Å²) in [5.74, 6) is 1.60. The molecule has 5 heteroatoms. The fourth-order valence-electron chi connectivity index (χ4n) is 5.23. The first-order chi connectivity index (χ1) is 17.8. The Morgan fingerprint density at radius 3 is 1.78 bits per heavy atom. The van der Waals surface area contributed by atoms with Crippen molar-refractivity contribution in [2.24, 2.45) is 0 Å². The monoisotopic (exact) mass is 459 g/mol. The van der Waals surface area contributed by atoms with E-state index in [2.05, 4.69) is 44.3 Å². The number of pyridine rings is 1. The number of rotatable bonds is 2. The van der Waals surface area contributed by atoms with Crippen LogP contribution in [0.5, 0.6) is 0 Å². The van der Waals surface area contributed by atoms with Gasteiger partial charge in [0.25, 0.3) is 0 Å². The summed E-state index contributed by atoms with van der Waals surface area (Å²) in [6, 6.07) is 36.3. The Bertz CT molecular complexity index is 1930. The standard InChI is InChI=1S/C31H17N5/c1-33-21-14-16-29-25(18-21)23-8-3-5-10-27(23)36(29)31-12-6-11-30(34-31)35-26-9-4-2-7-22(26)24-17-20(19-32)13-15-28(24)35/h2-18H. The molecule has 0 spiro atoms. The van der Waals surface area contributed by atoms with E-state index in [0.29, 0.717) is 11.3 Å². The molecule has 0 unspecified atom stereocenters. The molecule has 166 valence electrons. The Morgan fingerprint density at radius 2 is 1.17 bits per heavy atom. The maximum atomic E-state index is 9.45. The van der Waals surface area contributed by atoms with E-state index in [4.69, 9.17) is 11.6 Å². The predicted octanol–water partition coefficient (Wildman–Crippen LogP) is 7.70. The van der Waals surface area contributed by atoms with Crippen molar-refractivity contribution in [3.05, 3.63) is 120 Å². The van der Waals surface area contributed by atoms with Gasteiger partial charge in [-0.1, -0.05) is 48.5 Å². The number of fused-ring (bicyclic) bond motifs is 6. The van der Waals surface area contributed by atoms with Crippen LogP contribution in [-0.2, 0) is 0 Å². The molecule has 0 fully saturated rings. The number of hydrogen-bond donors (Lipinski definition) is 0. The van der Waals surface area contributed by atoms with E-state index in [1.165, 1.54) is 0 Å². The smallest absolute Gasteiger partial charge is 0.188 e. The van der Waals surface area contributed by atoms with E-state index in [1.54, 1.807) is 0 Å². The lowest BCUT2D eigenvalue weighted by molar-refractivity contribution is 1.01. The number of aromatic nitrogens is 3. The zero-order chi connectivity index (χ0) is 24.2. The summed E-state index contributed by atoms with van der Waals surface area (Å²) in [4.78, 5) is 8.77. The Kier molecular flexibility index (Phi) is 4.21. The Balaban J connectivity index is 1.53. The van der Waals surface area contributed by atoms with Gasteiger partial charge in [-0.15, -0.1) is 0 Å². The second kappa shape index (κ2) is 7.56. The van der Waals surface area contributed by atoms with Gasteiger partial charge in [0.05, 0.1) is 40.3 Å². The normalized spacial score (nSPS) is 11.3. The van der Waals surface area contributed by atoms with E-state index in [-0.39, 0.29) is 0 Å². The van der Waals surface area contributed by atoms with Crippen LogP contribution in [0.25, 0.3) is 60.1 Å². The fraction of sp³-hybridized carbons (Fsp3) is 0. The first-order valence-electron chi connectivity index (χ1n) is 11.6. The summed E-state index contributed by atoms with van der Waals surface area (Å²) in [6.07, 6.45) is 0. The van der Waals surface area contributed by atoms with Crippen molar-refractivity contribution in [3.8, 4) is 17.7 Å². The first-order valence-corrected chi connectivity index (χ1v) is 11.6. The molecule has 0 amide bonds. The SMILES string of the molecule is [C-]#[N+]c1ccc2c(c1)c1ccccc1n2-c1cccc(-n2c3ccccc3c3cc(C#N)ccc32)n1. The number of nitriles is 1. The molecule has 3 heterocycles. The van der Waals surface area contributed by atoms with Gasteiger partial charge in [0.1, 0.15) is 11.6 Å². The van der Waals surface area contributed by atoms with Crippen molar-refractivity contribution in [1.29, 1.82) is 5.26 Å². The van der Waals surface area contributed by atoms with Gasteiger partial charge in [-0.2, -0.15) is 5.26 Å². The molecule has 0 radical (unpaired) electrons. The molecular weight excluding hydrogens is 442 g/mol. The molecule has 0 saturated heterocycles. The van der Waals surface area contributed by atoms with E-state index >= 15 is 0 Å². The summed E-state index contributed by atoms with van der Waals surface area (Å²) in [7, 11) is 0. The Hall–Kier alpha value is -5.39. The van der Waals surface area contributed by atoms with Crippen LogP contribution < -0.4 is 0 Å². The quantitative estimate of drug-likeness (QED) is 0.249. The maximum Gasteiger partial charge on any atom is 0.188 e. The number of hydrogen-bond acceptors (Lipinski definition) is 2. The minimum Gasteiger partial charge on any atom is -0.294 e. The molecule has 0 N–H and O–H groups in total. The summed E-state index contributed by atoms with van der Waals surface area (Å²) in [6.45, 7) is 7.45. The van der Waals surface area contributed by atoms with Crippen molar-refractivity contribution in [2.45, 2.75) is 0 Å². The molecule has 0 bridgehead atoms. The molecule has 36 heavy (non-hydrogen) atoms. The first kappa shape index (κ1) is 20.0. The highest BCUT2D eigenvalue weighted by Crippen LogP contribution is 2.35. The third-order valence-corrected chi connectivity index (χ3v) is 6.76. The lowest BCUT2D eigenvalue weighted by atomic mass is 10.1. The molecule has 0 saturated carbocycles. The van der Waals surface area contributed by atoms with Gasteiger partial charge < -0.3 is 0 Å². The minimum absolute atomic E-state index is 0.620. The lowest BCUT2D eigenvalue weighted by Crippen LogP contribution is -2.03. The largest absolute Gasteiger partial charge is 0.294 e. The van der Waals surface area contributed by atoms with Crippen molar-refractivity contribution < 1.29 is 0 Å². The summed E-state index contributed by atoms with van der Waals surface area (Å²) in [5.41, 5.74) is 5.35. The molecule has 7 rings (SSSR count). The lowest BCUT2D eigenvalue weighted by Gasteiger charge is -2.11. The van der Waals surface area contributed by atoms with Gasteiger partial charge in [-0.05, 0) is 60.0 Å². The van der Waals surface area contributed by atoms with Crippen molar-refractivity contribution >= 4 is 49.3 Å². The van der Waals surface area contributed by atoms with E-state index in [9.17, 15) is 5.26 Å². The van der Waals surface area contributed by atoms with Crippen LogP contribution in [-0.4, -0.2) is 14.1 Å². The molecule has 0 aliphatic rings. The Morgan fingerprint density at radius 1 is 0.611 bits per heavy atom. The third kappa shape index (κ3) is 2.78. The molecule has 4 aromatic carbocycles. The van der Waals surface area contributed by atoms with Crippen LogP contribution >= 0.6 is 0 Å². The summed E-state index contributed by atoms with van der Waals surface area (Å²) in [5, 5.41) is 13.7. The van der Waals surface area contributed by atoms with E-state index < -0.39 is 0 Å². The second-order valence-electron chi connectivity index (χ2n) is 8.72. The average molecular weight is 460 g/mol. The van der Waals surface area contributed by atoms with Gasteiger partial charge in [0, 0.05) is 16.2 Å². The molecule has 5 nitrogen and oxygen atoms in total. The van der Waals surface area contributed by atoms with Crippen molar-refractivity contribution in [1.82, 2.24) is 14.1 Å². The fourth-order valence-corrected chi connectivity index (χ4v) is 5.23. The summed E-state index contributed by atoms with van der Waals surface area (Å²) < 4.78 is 4.31. The van der Waals surface area contributed by atoms with Crippen LogP contribution in [0.4, 0.5) is 5.69 Å². The van der Waals surface area contributed by atoms with Gasteiger partial charge >= 0.3 is 0 Å². The topological polar surface area (TPSA) is 50.9 Å². The summed E-state index contributed by atoms with van der Waals surface area (Å²) >= 11 is 0. The van der Waals surface area contributed by atoms with Crippen LogP contribution in [0, 0.1) is 17.9 Å². The minimum atomic E-state index is 0.620. The predicted molar refractivity (Wildman–Crippen MR) is 144 cm³/mol. The average Bonchev–Trinajstić information content (AvgIpc) is 3.45. The second-order valence-corrected chi connectivity index (χ2v) is 8.72. The third-order valence-electron chi connectivity index (χ3n) is 6.76. The Labute approximate surface area is 206 Å². The zero-order valence-corrected chi connectivity index (χ0v) is 19.1. The van der Waals surface area contributed by atoms with Crippen LogP contribution in [0.2, 0.25) is 0 Å². The maximum absolute atomic E-state index is 9.45.